The molecule has 0 aliphatic carbocycles. The lowest BCUT2D eigenvalue weighted by Crippen LogP contribution is -2.30. The number of fused-ring (bicyclic) bond motifs is 1. The topological polar surface area (TPSA) is 120 Å². The van der Waals surface area contributed by atoms with E-state index < -0.39 is 23.5 Å². The van der Waals surface area contributed by atoms with E-state index in [2.05, 4.69) is 25.6 Å². The van der Waals surface area contributed by atoms with Gasteiger partial charge < -0.3 is 25.7 Å². The van der Waals surface area contributed by atoms with Crippen LogP contribution < -0.4 is 16.4 Å². The van der Waals surface area contributed by atoms with Crippen LogP contribution in [0.15, 0.2) is 73.3 Å². The molecule has 1 aliphatic rings. The third-order valence-corrected chi connectivity index (χ3v) is 6.94. The Morgan fingerprint density at radius 3 is 2.45 bits per heavy atom. The van der Waals surface area contributed by atoms with Gasteiger partial charge in [-0.05, 0) is 41.5 Å². The number of anilines is 3. The van der Waals surface area contributed by atoms with Crippen molar-refractivity contribution in [1.82, 2.24) is 19.5 Å². The Balaban J connectivity index is 1.24. The lowest BCUT2D eigenvalue weighted by Gasteiger charge is -2.27. The number of alkyl halides is 3. The molecular weight excluding hydrogens is 554 g/mol. The van der Waals surface area contributed by atoms with Crippen molar-refractivity contribution in [3.05, 3.63) is 95.8 Å². The third kappa shape index (κ3) is 5.33. The summed E-state index contributed by atoms with van der Waals surface area (Å²) < 4.78 is 60.8. The number of aromatic nitrogens is 4. The number of pyridine rings is 1. The Morgan fingerprint density at radius 1 is 1.05 bits per heavy atom. The van der Waals surface area contributed by atoms with E-state index in [1.165, 1.54) is 18.5 Å². The number of nitrogen functional groups attached to an aromatic ring is 1. The number of rotatable bonds is 7. The van der Waals surface area contributed by atoms with Crippen LogP contribution in [0.2, 0.25) is 0 Å². The van der Waals surface area contributed by atoms with Crippen LogP contribution in [0.3, 0.4) is 0 Å². The van der Waals surface area contributed by atoms with Crippen molar-refractivity contribution < 1.29 is 27.1 Å². The number of carbonyl (C=O) groups excluding carboxylic acids is 1. The average Bonchev–Trinajstić information content (AvgIpc) is 3.32. The van der Waals surface area contributed by atoms with E-state index in [9.17, 15) is 22.4 Å². The van der Waals surface area contributed by atoms with Crippen molar-refractivity contribution in [1.29, 1.82) is 0 Å². The van der Waals surface area contributed by atoms with Crippen LogP contribution in [0.4, 0.5) is 34.9 Å². The number of ether oxygens (including phenoxy) is 1. The molecule has 1 aliphatic heterocycles. The first-order valence-corrected chi connectivity index (χ1v) is 12.8. The van der Waals surface area contributed by atoms with Crippen LogP contribution in [0.1, 0.15) is 27.5 Å². The minimum Gasteiger partial charge on any atom is -0.383 e. The maximum absolute atomic E-state index is 13.4. The van der Waals surface area contributed by atoms with Crippen molar-refractivity contribution in [2.75, 3.05) is 29.6 Å². The number of amides is 1. The number of carbonyl (C=O) groups is 1. The van der Waals surface area contributed by atoms with E-state index in [0.29, 0.717) is 25.2 Å². The van der Waals surface area contributed by atoms with Gasteiger partial charge in [0.25, 0.3) is 5.91 Å². The fourth-order valence-electron chi connectivity index (χ4n) is 4.64. The largest absolute Gasteiger partial charge is 0.417 e. The summed E-state index contributed by atoms with van der Waals surface area (Å²) in [4.78, 5) is 25.4. The predicted molar refractivity (Wildman–Crippen MR) is 148 cm³/mol. The first-order chi connectivity index (χ1) is 20.2. The molecule has 0 unspecified atom stereocenters. The van der Waals surface area contributed by atoms with Gasteiger partial charge >= 0.3 is 6.18 Å². The van der Waals surface area contributed by atoms with Crippen molar-refractivity contribution >= 4 is 34.3 Å². The second-order valence-electron chi connectivity index (χ2n) is 9.73. The van der Waals surface area contributed by atoms with Gasteiger partial charge in [0, 0.05) is 30.2 Å². The molecule has 1 saturated heterocycles. The zero-order valence-corrected chi connectivity index (χ0v) is 21.8. The molecule has 1 amide bonds. The van der Waals surface area contributed by atoms with Gasteiger partial charge in [-0.1, -0.05) is 24.3 Å². The lowest BCUT2D eigenvalue weighted by molar-refractivity contribution is -0.137. The predicted octanol–water partition coefficient (Wildman–Crippen LogP) is 5.67. The van der Waals surface area contributed by atoms with E-state index in [-0.39, 0.29) is 29.7 Å². The van der Waals surface area contributed by atoms with E-state index in [4.69, 9.17) is 10.5 Å². The van der Waals surface area contributed by atoms with Crippen molar-refractivity contribution in [3.8, 4) is 11.1 Å². The van der Waals surface area contributed by atoms with E-state index in [1.54, 1.807) is 0 Å². The molecule has 5 aromatic rings. The smallest absolute Gasteiger partial charge is 0.383 e. The molecule has 0 bridgehead atoms. The van der Waals surface area contributed by atoms with Gasteiger partial charge in [0.2, 0.25) is 0 Å². The molecule has 4 N–H and O–H groups in total. The van der Waals surface area contributed by atoms with Gasteiger partial charge in [-0.2, -0.15) is 13.2 Å². The summed E-state index contributed by atoms with van der Waals surface area (Å²) in [6.07, 6.45) is -0.630. The van der Waals surface area contributed by atoms with E-state index in [1.807, 2.05) is 35.0 Å². The number of benzene rings is 2. The monoisotopic (exact) mass is 577 g/mol. The molecule has 0 radical (unpaired) electrons. The third-order valence-electron chi connectivity index (χ3n) is 6.94. The Bertz CT molecular complexity index is 1770. The number of nitrogens with zero attached hydrogens (tertiary/aromatic N) is 4. The minimum absolute atomic E-state index is 0.0394. The molecule has 42 heavy (non-hydrogen) atoms. The van der Waals surface area contributed by atoms with Gasteiger partial charge in [0.15, 0.2) is 0 Å². The second kappa shape index (κ2) is 10.7. The summed E-state index contributed by atoms with van der Waals surface area (Å²) in [5, 5.41) is 6.18. The Kier molecular flexibility index (Phi) is 6.94. The fourth-order valence-corrected chi connectivity index (χ4v) is 4.64. The van der Waals surface area contributed by atoms with Gasteiger partial charge in [-0.25, -0.2) is 19.3 Å². The zero-order chi connectivity index (χ0) is 29.4. The highest BCUT2D eigenvalue weighted by Gasteiger charge is 2.33. The molecule has 214 valence electrons. The molecule has 3 aromatic heterocycles. The normalized spacial score (nSPS) is 13.6. The highest BCUT2D eigenvalue weighted by Crippen LogP contribution is 2.36. The molecule has 0 spiro atoms. The molecular formula is C29H23F4N7O2. The number of hydrogen-bond donors (Lipinski definition) is 3. The van der Waals surface area contributed by atoms with Crippen molar-refractivity contribution in [2.45, 2.75) is 18.8 Å². The summed E-state index contributed by atoms with van der Waals surface area (Å²) in [5.74, 6) is -1.02. The Labute approximate surface area is 236 Å². The molecule has 6 rings (SSSR count). The second-order valence-corrected chi connectivity index (χ2v) is 9.73. The Morgan fingerprint density at radius 2 is 1.79 bits per heavy atom. The number of nitrogens with one attached hydrogen (secondary N) is 2. The molecule has 2 aromatic carbocycles. The molecule has 4 heterocycles. The summed E-state index contributed by atoms with van der Waals surface area (Å²) in [5.41, 5.74) is 8.28. The molecule has 0 saturated carbocycles. The Hall–Kier alpha value is -5.04. The summed E-state index contributed by atoms with van der Waals surface area (Å²) >= 11 is 0. The average molecular weight is 578 g/mol. The first kappa shape index (κ1) is 27.1. The molecule has 13 heteroatoms. The maximum atomic E-state index is 13.4. The lowest BCUT2D eigenvalue weighted by atomic mass is 10.0. The van der Waals surface area contributed by atoms with Crippen LogP contribution in [0.25, 0.3) is 22.2 Å². The van der Waals surface area contributed by atoms with Gasteiger partial charge in [-0.15, -0.1) is 0 Å². The minimum atomic E-state index is -4.70. The summed E-state index contributed by atoms with van der Waals surface area (Å²) in [7, 11) is 0. The van der Waals surface area contributed by atoms with Crippen LogP contribution in [-0.2, 0) is 17.5 Å². The van der Waals surface area contributed by atoms with Gasteiger partial charge in [0.1, 0.15) is 29.4 Å². The molecule has 9 nitrogen and oxygen atoms in total. The molecule has 0 atom stereocenters. The standard InChI is InChI=1S/C29H23F4N7O2/c30-19-5-7-20(8-6-19)39-28(41)22-9-18(29(31,32)33)11-36-26(22)35-10-16-1-3-17(4-2-16)23-12-40(21-13-42-14-21)27-24(23)25(34)37-15-38-27/h1-9,11-12,15,21H,10,13-14H2,(H,35,36)(H,39,41)(H2,34,37,38). The number of nitrogens with two attached hydrogens (primary N) is 1. The van der Waals surface area contributed by atoms with Gasteiger partial charge in [0.05, 0.1) is 35.8 Å². The zero-order valence-electron chi connectivity index (χ0n) is 21.8. The maximum Gasteiger partial charge on any atom is 0.417 e. The fraction of sp³-hybridized carbons (Fsp3) is 0.172. The highest BCUT2D eigenvalue weighted by molar-refractivity contribution is 6.07. The number of halogens is 4. The van der Waals surface area contributed by atoms with Gasteiger partial charge in [-0.3, -0.25) is 4.79 Å². The summed E-state index contributed by atoms with van der Waals surface area (Å²) in [6.45, 7) is 1.33. The SMILES string of the molecule is Nc1ncnc2c1c(-c1ccc(CNc3ncc(C(F)(F)F)cc3C(=O)Nc3ccc(F)cc3)cc1)cn2C1COC1. The highest BCUT2D eigenvalue weighted by atomic mass is 19.4. The van der Waals surface area contributed by atoms with Crippen molar-refractivity contribution in [3.63, 3.8) is 0 Å². The van der Waals surface area contributed by atoms with Crippen LogP contribution in [0, 0.1) is 5.82 Å². The van der Waals surface area contributed by atoms with Crippen LogP contribution in [-0.4, -0.2) is 38.6 Å². The number of hydrogen-bond acceptors (Lipinski definition) is 7. The van der Waals surface area contributed by atoms with E-state index in [0.717, 1.165) is 45.9 Å². The quantitative estimate of drug-likeness (QED) is 0.213. The summed E-state index contributed by atoms with van der Waals surface area (Å²) in [6, 6.07) is 13.2. The van der Waals surface area contributed by atoms with E-state index >= 15 is 0 Å². The molecule has 1 fully saturated rings. The first-order valence-electron chi connectivity index (χ1n) is 12.8. The van der Waals surface area contributed by atoms with Crippen molar-refractivity contribution in [2.24, 2.45) is 0 Å². The van der Waals surface area contributed by atoms with Crippen LogP contribution in [0.5, 0.6) is 0 Å². The van der Waals surface area contributed by atoms with Crippen LogP contribution >= 0.6 is 0 Å².